The second-order valence-corrected chi connectivity index (χ2v) is 4.43. The molecule has 6 heteroatoms. The Hall–Kier alpha value is -2.50. The Bertz CT molecular complexity index is 648. The molecule has 0 aliphatic carbocycles. The highest BCUT2D eigenvalue weighted by molar-refractivity contribution is 5.82. The van der Waals surface area contributed by atoms with E-state index in [0.29, 0.717) is 5.56 Å². The molecule has 1 amide bonds. The highest BCUT2D eigenvalue weighted by Gasteiger charge is 2.05. The SMILES string of the molecule is Cc1cc(C)n(CC(=O)NN=Cc2cccc(F)c2)n1. The molecule has 1 aromatic heterocycles. The van der Waals surface area contributed by atoms with Crippen molar-refractivity contribution >= 4 is 12.1 Å². The zero-order valence-corrected chi connectivity index (χ0v) is 11.3. The van der Waals surface area contributed by atoms with Crippen LogP contribution in [0.1, 0.15) is 17.0 Å². The monoisotopic (exact) mass is 274 g/mol. The van der Waals surface area contributed by atoms with Gasteiger partial charge in [0.25, 0.3) is 5.91 Å². The number of benzene rings is 1. The first-order chi connectivity index (χ1) is 9.54. The zero-order valence-electron chi connectivity index (χ0n) is 11.3. The summed E-state index contributed by atoms with van der Waals surface area (Å²) in [7, 11) is 0. The van der Waals surface area contributed by atoms with Crippen molar-refractivity contribution < 1.29 is 9.18 Å². The van der Waals surface area contributed by atoms with Gasteiger partial charge in [0, 0.05) is 5.69 Å². The molecule has 2 rings (SSSR count). The predicted molar refractivity (Wildman–Crippen MR) is 73.8 cm³/mol. The van der Waals surface area contributed by atoms with E-state index < -0.39 is 0 Å². The van der Waals surface area contributed by atoms with Crippen LogP contribution in [0.4, 0.5) is 4.39 Å². The lowest BCUT2D eigenvalue weighted by Gasteiger charge is -2.02. The first kappa shape index (κ1) is 13.9. The molecule has 0 fully saturated rings. The minimum absolute atomic E-state index is 0.0974. The van der Waals surface area contributed by atoms with Gasteiger partial charge in [0.1, 0.15) is 12.4 Å². The average Bonchev–Trinajstić information content (AvgIpc) is 2.68. The van der Waals surface area contributed by atoms with E-state index in [9.17, 15) is 9.18 Å². The Labute approximate surface area is 116 Å². The van der Waals surface area contributed by atoms with Gasteiger partial charge < -0.3 is 0 Å². The summed E-state index contributed by atoms with van der Waals surface area (Å²) in [6.07, 6.45) is 1.39. The van der Waals surface area contributed by atoms with E-state index in [-0.39, 0.29) is 18.3 Å². The number of aromatic nitrogens is 2. The number of hydrazone groups is 1. The molecule has 0 atom stereocenters. The summed E-state index contributed by atoms with van der Waals surface area (Å²) in [5.41, 5.74) is 4.73. The number of amides is 1. The number of hydrogen-bond donors (Lipinski definition) is 1. The number of carbonyl (C=O) groups excluding carboxylic acids is 1. The van der Waals surface area contributed by atoms with E-state index in [1.54, 1.807) is 16.8 Å². The summed E-state index contributed by atoms with van der Waals surface area (Å²) < 4.78 is 14.5. The van der Waals surface area contributed by atoms with Crippen LogP contribution in [-0.2, 0) is 11.3 Å². The summed E-state index contributed by atoms with van der Waals surface area (Å²) in [4.78, 5) is 11.7. The lowest BCUT2D eigenvalue weighted by Crippen LogP contribution is -2.24. The molecule has 0 saturated carbocycles. The van der Waals surface area contributed by atoms with Crippen LogP contribution in [0.15, 0.2) is 35.4 Å². The molecule has 2 aromatic rings. The molecule has 0 radical (unpaired) electrons. The van der Waals surface area contributed by atoms with Crippen molar-refractivity contribution in [3.63, 3.8) is 0 Å². The summed E-state index contributed by atoms with van der Waals surface area (Å²) in [6.45, 7) is 3.84. The first-order valence-corrected chi connectivity index (χ1v) is 6.13. The maximum absolute atomic E-state index is 12.9. The summed E-state index contributed by atoms with van der Waals surface area (Å²) in [5, 5.41) is 7.97. The van der Waals surface area contributed by atoms with Gasteiger partial charge in [-0.05, 0) is 37.6 Å². The van der Waals surface area contributed by atoms with Crippen molar-refractivity contribution in [3.05, 3.63) is 53.1 Å². The summed E-state index contributed by atoms with van der Waals surface area (Å²) >= 11 is 0. The molecule has 0 bridgehead atoms. The molecule has 1 aromatic carbocycles. The summed E-state index contributed by atoms with van der Waals surface area (Å²) in [6, 6.07) is 7.84. The van der Waals surface area contributed by atoms with Gasteiger partial charge in [0.15, 0.2) is 0 Å². The Kier molecular flexibility index (Phi) is 4.24. The van der Waals surface area contributed by atoms with Gasteiger partial charge in [0.2, 0.25) is 0 Å². The lowest BCUT2D eigenvalue weighted by molar-refractivity contribution is -0.121. The molecule has 1 heterocycles. The minimum atomic E-state index is -0.345. The van der Waals surface area contributed by atoms with Gasteiger partial charge in [0.05, 0.1) is 11.9 Å². The minimum Gasteiger partial charge on any atom is -0.271 e. The third kappa shape index (κ3) is 3.74. The number of nitrogens with one attached hydrogen (secondary N) is 1. The Morgan fingerprint density at radius 2 is 2.25 bits per heavy atom. The van der Waals surface area contributed by atoms with Crippen LogP contribution in [0.2, 0.25) is 0 Å². The molecule has 0 aliphatic heterocycles. The second kappa shape index (κ2) is 6.10. The van der Waals surface area contributed by atoms with E-state index in [4.69, 9.17) is 0 Å². The predicted octanol–water partition coefficient (Wildman–Crippen LogP) is 1.79. The van der Waals surface area contributed by atoms with Crippen molar-refractivity contribution in [3.8, 4) is 0 Å². The fourth-order valence-electron chi connectivity index (χ4n) is 1.77. The largest absolute Gasteiger partial charge is 0.271 e. The molecule has 5 nitrogen and oxygen atoms in total. The molecule has 0 aliphatic rings. The molecular formula is C14H15FN4O. The lowest BCUT2D eigenvalue weighted by atomic mass is 10.2. The quantitative estimate of drug-likeness (QED) is 0.682. The maximum atomic E-state index is 12.9. The second-order valence-electron chi connectivity index (χ2n) is 4.43. The van der Waals surface area contributed by atoms with E-state index in [0.717, 1.165) is 11.4 Å². The van der Waals surface area contributed by atoms with E-state index >= 15 is 0 Å². The molecule has 104 valence electrons. The molecule has 1 N–H and O–H groups in total. The molecule has 20 heavy (non-hydrogen) atoms. The Morgan fingerprint density at radius 1 is 1.45 bits per heavy atom. The normalized spacial score (nSPS) is 10.9. The smallest absolute Gasteiger partial charge is 0.261 e. The third-order valence-electron chi connectivity index (χ3n) is 2.65. The standard InChI is InChI=1S/C14H15FN4O/c1-10-6-11(2)19(18-10)9-14(20)17-16-8-12-4-3-5-13(15)7-12/h3-8H,9H2,1-2H3,(H,17,20). The van der Waals surface area contributed by atoms with Crippen LogP contribution in [0, 0.1) is 19.7 Å². The van der Waals surface area contributed by atoms with Crippen molar-refractivity contribution in [2.45, 2.75) is 20.4 Å². The third-order valence-corrected chi connectivity index (χ3v) is 2.65. The Balaban J connectivity index is 1.91. The van der Waals surface area contributed by atoms with Crippen LogP contribution in [0.5, 0.6) is 0 Å². The fraction of sp³-hybridized carbons (Fsp3) is 0.214. The van der Waals surface area contributed by atoms with Crippen molar-refractivity contribution in [1.82, 2.24) is 15.2 Å². The van der Waals surface area contributed by atoms with E-state index in [2.05, 4.69) is 15.6 Å². The van der Waals surface area contributed by atoms with Gasteiger partial charge in [-0.1, -0.05) is 12.1 Å². The maximum Gasteiger partial charge on any atom is 0.261 e. The van der Waals surface area contributed by atoms with Gasteiger partial charge in [-0.15, -0.1) is 0 Å². The molecule has 0 saturated heterocycles. The van der Waals surface area contributed by atoms with Crippen LogP contribution < -0.4 is 5.43 Å². The number of rotatable bonds is 4. The number of carbonyl (C=O) groups is 1. The topological polar surface area (TPSA) is 59.3 Å². The number of halogens is 1. The van der Waals surface area contributed by atoms with Crippen LogP contribution in [0.3, 0.4) is 0 Å². The zero-order chi connectivity index (χ0) is 14.5. The van der Waals surface area contributed by atoms with Crippen LogP contribution in [-0.4, -0.2) is 21.9 Å². The van der Waals surface area contributed by atoms with Crippen molar-refractivity contribution in [2.75, 3.05) is 0 Å². The van der Waals surface area contributed by atoms with Gasteiger partial charge in [-0.3, -0.25) is 9.48 Å². The summed E-state index contributed by atoms with van der Waals surface area (Å²) in [5.74, 6) is -0.633. The molecular weight excluding hydrogens is 259 g/mol. The van der Waals surface area contributed by atoms with Crippen LogP contribution >= 0.6 is 0 Å². The van der Waals surface area contributed by atoms with Crippen molar-refractivity contribution in [2.24, 2.45) is 5.10 Å². The molecule has 0 unspecified atom stereocenters. The number of aryl methyl sites for hydroxylation is 2. The highest BCUT2D eigenvalue weighted by Crippen LogP contribution is 2.01. The molecule has 0 spiro atoms. The van der Waals surface area contributed by atoms with E-state index in [1.165, 1.54) is 18.3 Å². The van der Waals surface area contributed by atoms with E-state index in [1.807, 2.05) is 19.9 Å². The fourth-order valence-corrected chi connectivity index (χ4v) is 1.77. The first-order valence-electron chi connectivity index (χ1n) is 6.13. The number of hydrogen-bond acceptors (Lipinski definition) is 3. The van der Waals surface area contributed by atoms with Gasteiger partial charge in [-0.25, -0.2) is 9.82 Å². The van der Waals surface area contributed by atoms with Crippen molar-refractivity contribution in [1.29, 1.82) is 0 Å². The Morgan fingerprint density at radius 3 is 2.90 bits per heavy atom. The van der Waals surface area contributed by atoms with Gasteiger partial charge >= 0.3 is 0 Å². The van der Waals surface area contributed by atoms with Gasteiger partial charge in [-0.2, -0.15) is 10.2 Å². The highest BCUT2D eigenvalue weighted by atomic mass is 19.1. The van der Waals surface area contributed by atoms with Crippen LogP contribution in [0.25, 0.3) is 0 Å². The number of nitrogens with zero attached hydrogens (tertiary/aromatic N) is 3. The average molecular weight is 274 g/mol.